The van der Waals surface area contributed by atoms with Gasteiger partial charge in [-0.1, -0.05) is 38.8 Å². The van der Waals surface area contributed by atoms with Crippen LogP contribution >= 0.6 is 0 Å². The van der Waals surface area contributed by atoms with Crippen molar-refractivity contribution in [2.75, 3.05) is 0 Å². The van der Waals surface area contributed by atoms with Gasteiger partial charge in [-0.15, -0.1) is 0 Å². The Morgan fingerprint density at radius 1 is 0.875 bits per heavy atom. The fourth-order valence-corrected chi connectivity index (χ4v) is 2.83. The smallest absolute Gasteiger partial charge is 0.0250 e. The number of hydrogen-bond acceptors (Lipinski definition) is 0. The average molecular weight is 123 g/mol. The van der Waals surface area contributed by atoms with Crippen molar-refractivity contribution in [2.24, 2.45) is 0 Å². The minimum Gasteiger partial charge on any atom is -0.0657 e. The fraction of sp³-hybridized carbons (Fsp3) is 1.00. The molecule has 0 aromatic rings. The second kappa shape index (κ2) is 5.94. The Bertz CT molecular complexity index is 37.8. The zero-order valence-electron chi connectivity index (χ0n) is 6.86. The van der Waals surface area contributed by atoms with Crippen LogP contribution in [-0.4, -0.2) is 28.4 Å². The summed E-state index contributed by atoms with van der Waals surface area (Å²) in [7, 11) is 0.281. The van der Waals surface area contributed by atoms with Gasteiger partial charge in [0.2, 0.25) is 0 Å². The summed E-state index contributed by atoms with van der Waals surface area (Å²) < 4.78 is 0. The molecule has 0 aromatic carbocycles. The third-order valence-corrected chi connectivity index (χ3v) is 2.83. The molecule has 0 atom stereocenters. The minimum absolute atomic E-state index is 0. The van der Waals surface area contributed by atoms with Crippen LogP contribution in [0.25, 0.3) is 0 Å². The first-order valence-corrected chi connectivity index (χ1v) is 4.76. The van der Waals surface area contributed by atoms with Gasteiger partial charge in [0, 0.05) is 28.4 Å². The van der Waals surface area contributed by atoms with Crippen molar-refractivity contribution in [3.63, 3.8) is 0 Å². The van der Waals surface area contributed by atoms with Crippen LogP contribution in [0.4, 0.5) is 0 Å². The van der Waals surface area contributed by atoms with E-state index in [1.54, 1.807) is 0 Å². The van der Waals surface area contributed by atoms with Crippen LogP contribution in [0.2, 0.25) is 11.1 Å². The van der Waals surface area contributed by atoms with Gasteiger partial charge in [-0.25, -0.2) is 0 Å². The molecule has 0 bridgehead atoms. The third-order valence-electron chi connectivity index (χ3n) is 0.943. The molecule has 2 heteroatoms. The van der Waals surface area contributed by atoms with E-state index in [-0.39, 0.29) is 28.4 Å². The van der Waals surface area contributed by atoms with Gasteiger partial charge >= 0.3 is 0 Å². The summed E-state index contributed by atoms with van der Waals surface area (Å²) in [6, 6.07) is 0. The van der Waals surface area contributed by atoms with Crippen LogP contribution < -0.4 is 0 Å². The molecule has 0 aliphatic rings. The van der Waals surface area contributed by atoms with E-state index in [1.807, 2.05) is 0 Å². The Kier molecular flexibility index (Phi) is 8.61. The van der Waals surface area contributed by atoms with Gasteiger partial charge in [0.15, 0.2) is 0 Å². The van der Waals surface area contributed by atoms with Gasteiger partial charge in [-0.2, -0.15) is 0 Å². The molecule has 0 fully saturated rings. The van der Waals surface area contributed by atoms with E-state index in [2.05, 4.69) is 27.7 Å². The SMILES string of the molecule is CC(C)[SiH2]C(C)C.[Li]. The molecule has 0 aliphatic heterocycles. The summed E-state index contributed by atoms with van der Waals surface area (Å²) in [5, 5.41) is 0. The zero-order chi connectivity index (χ0) is 5.86. The van der Waals surface area contributed by atoms with E-state index in [0.717, 1.165) is 11.1 Å². The van der Waals surface area contributed by atoms with Crippen LogP contribution in [-0.2, 0) is 0 Å². The van der Waals surface area contributed by atoms with Crippen LogP contribution in [0.3, 0.4) is 0 Å². The maximum absolute atomic E-state index is 2.33. The molecule has 0 rings (SSSR count). The Morgan fingerprint density at radius 2 is 1.12 bits per heavy atom. The van der Waals surface area contributed by atoms with Crippen molar-refractivity contribution in [1.82, 2.24) is 0 Å². The first-order chi connectivity index (χ1) is 3.13. The largest absolute Gasteiger partial charge is 0.0657 e. The van der Waals surface area contributed by atoms with Crippen LogP contribution in [0.5, 0.6) is 0 Å². The molecule has 8 heavy (non-hydrogen) atoms. The second-order valence-corrected chi connectivity index (χ2v) is 6.76. The Labute approximate surface area is 67.4 Å². The van der Waals surface area contributed by atoms with Gasteiger partial charge in [0.05, 0.1) is 0 Å². The van der Waals surface area contributed by atoms with Crippen molar-refractivity contribution in [3.8, 4) is 0 Å². The molecule has 0 unspecified atom stereocenters. The molecule has 0 spiro atoms. The quantitative estimate of drug-likeness (QED) is 0.487. The average Bonchev–Trinajstić information content (AvgIpc) is 1.27. The van der Waals surface area contributed by atoms with E-state index in [4.69, 9.17) is 0 Å². The third kappa shape index (κ3) is 9.94. The number of hydrogen-bond donors (Lipinski definition) is 0. The summed E-state index contributed by atoms with van der Waals surface area (Å²) in [5.41, 5.74) is 2.03. The standard InChI is InChI=1S/C6H16Si.Li/c1-5(2)7-6(3)4;/h5-6H,7H2,1-4H3;. The van der Waals surface area contributed by atoms with Gasteiger partial charge < -0.3 is 0 Å². The molecule has 0 N–H and O–H groups in total. The van der Waals surface area contributed by atoms with Crippen LogP contribution in [0.15, 0.2) is 0 Å². The molecule has 0 saturated carbocycles. The van der Waals surface area contributed by atoms with Gasteiger partial charge in [-0.05, 0) is 0 Å². The molecular weight excluding hydrogens is 107 g/mol. The molecule has 0 amide bonds. The van der Waals surface area contributed by atoms with E-state index in [0.29, 0.717) is 0 Å². The van der Waals surface area contributed by atoms with E-state index in [9.17, 15) is 0 Å². The Morgan fingerprint density at radius 3 is 1.12 bits per heavy atom. The summed E-state index contributed by atoms with van der Waals surface area (Å²) >= 11 is 0. The van der Waals surface area contributed by atoms with E-state index < -0.39 is 0 Å². The molecule has 0 aliphatic carbocycles. The number of rotatable bonds is 2. The summed E-state index contributed by atoms with van der Waals surface area (Å²) in [5.74, 6) is 0. The monoisotopic (exact) mass is 123 g/mol. The van der Waals surface area contributed by atoms with E-state index in [1.165, 1.54) is 0 Å². The zero-order valence-corrected chi connectivity index (χ0v) is 8.28. The van der Waals surface area contributed by atoms with Crippen molar-refractivity contribution >= 4 is 28.4 Å². The fourth-order valence-electron chi connectivity index (χ4n) is 0.943. The van der Waals surface area contributed by atoms with Crippen molar-refractivity contribution in [1.29, 1.82) is 0 Å². The van der Waals surface area contributed by atoms with Crippen molar-refractivity contribution < 1.29 is 0 Å². The molecular formula is C6H16LiSi. The molecule has 1 radical (unpaired) electrons. The summed E-state index contributed by atoms with van der Waals surface area (Å²) in [4.78, 5) is 0. The first-order valence-electron chi connectivity index (χ1n) is 3.13. The Hall–Kier alpha value is 0.814. The minimum atomic E-state index is 0. The van der Waals surface area contributed by atoms with Crippen molar-refractivity contribution in [3.05, 3.63) is 0 Å². The molecule has 0 aromatic heterocycles. The van der Waals surface area contributed by atoms with Gasteiger partial charge in [0.1, 0.15) is 0 Å². The maximum Gasteiger partial charge on any atom is 0.0250 e. The van der Waals surface area contributed by atoms with Gasteiger partial charge in [0.25, 0.3) is 0 Å². The molecule has 45 valence electrons. The molecule has 0 heterocycles. The molecule has 0 saturated heterocycles. The Balaban J connectivity index is 0. The van der Waals surface area contributed by atoms with Crippen molar-refractivity contribution in [2.45, 2.75) is 38.8 Å². The second-order valence-electron chi connectivity index (χ2n) is 3.02. The normalized spacial score (nSPS) is 9.75. The first kappa shape index (κ1) is 11.6. The topological polar surface area (TPSA) is 0 Å². The summed E-state index contributed by atoms with van der Waals surface area (Å²) in [6.45, 7) is 9.30. The van der Waals surface area contributed by atoms with Crippen LogP contribution in [0.1, 0.15) is 27.7 Å². The van der Waals surface area contributed by atoms with Gasteiger partial charge in [-0.3, -0.25) is 0 Å². The van der Waals surface area contributed by atoms with Crippen LogP contribution in [0, 0.1) is 0 Å². The predicted molar refractivity (Wildman–Crippen MR) is 44.5 cm³/mol. The molecule has 0 nitrogen and oxygen atoms in total. The maximum atomic E-state index is 2.33. The predicted octanol–water partition coefficient (Wildman–Crippen LogP) is 1.43. The van der Waals surface area contributed by atoms with E-state index >= 15 is 0 Å². The summed E-state index contributed by atoms with van der Waals surface area (Å²) in [6.07, 6.45) is 0.